The van der Waals surface area contributed by atoms with Crippen LogP contribution in [0.15, 0.2) is 18.2 Å². The largest absolute Gasteiger partial charge is 0.418 e. The summed E-state index contributed by atoms with van der Waals surface area (Å²) in [6, 6.07) is 3.56. The molecule has 3 nitrogen and oxygen atoms in total. The van der Waals surface area contributed by atoms with Gasteiger partial charge in [-0.05, 0) is 30.0 Å². The average molecular weight is 290 g/mol. The minimum absolute atomic E-state index is 0.0538. The second-order valence-corrected chi connectivity index (χ2v) is 6.10. The molecule has 1 rings (SSSR count). The normalized spacial score (nSPS) is 14.2. The number of alkyl halides is 3. The molecule has 0 aliphatic heterocycles. The molecule has 0 saturated carbocycles. The van der Waals surface area contributed by atoms with E-state index < -0.39 is 17.8 Å². The van der Waals surface area contributed by atoms with Crippen LogP contribution in [0, 0.1) is 5.41 Å². The van der Waals surface area contributed by atoms with Crippen LogP contribution in [0.1, 0.15) is 32.8 Å². The van der Waals surface area contributed by atoms with Gasteiger partial charge in [0.2, 0.25) is 0 Å². The van der Waals surface area contributed by atoms with Crippen LogP contribution in [-0.2, 0) is 6.18 Å². The van der Waals surface area contributed by atoms with Crippen LogP contribution in [0.4, 0.5) is 24.5 Å². The first-order chi connectivity index (χ1) is 8.99. The Labute approximate surface area is 117 Å². The third kappa shape index (κ3) is 5.28. The lowest BCUT2D eigenvalue weighted by Gasteiger charge is -2.23. The van der Waals surface area contributed by atoms with Gasteiger partial charge in [0.15, 0.2) is 0 Å². The Bertz CT molecular complexity index is 453. The standard InChI is InChI=1S/C14H21F3N2O/c1-13(2,3)7-10(20)8-19-12-5-4-9(18)6-11(12)14(15,16)17/h4-6,10,19-20H,7-8,18H2,1-3H3. The van der Waals surface area contributed by atoms with E-state index in [0.717, 1.165) is 6.07 Å². The monoisotopic (exact) mass is 290 g/mol. The fourth-order valence-electron chi connectivity index (χ4n) is 1.96. The summed E-state index contributed by atoms with van der Waals surface area (Å²) >= 11 is 0. The first kappa shape index (κ1) is 16.6. The van der Waals surface area contributed by atoms with E-state index in [2.05, 4.69) is 5.32 Å². The predicted molar refractivity (Wildman–Crippen MR) is 74.4 cm³/mol. The third-order valence-electron chi connectivity index (χ3n) is 2.73. The summed E-state index contributed by atoms with van der Waals surface area (Å²) in [5.74, 6) is 0. The highest BCUT2D eigenvalue weighted by Crippen LogP contribution is 2.36. The molecule has 114 valence electrons. The lowest BCUT2D eigenvalue weighted by Crippen LogP contribution is -2.26. The topological polar surface area (TPSA) is 58.3 Å². The minimum atomic E-state index is -4.48. The van der Waals surface area contributed by atoms with Gasteiger partial charge in [0.1, 0.15) is 0 Å². The van der Waals surface area contributed by atoms with Gasteiger partial charge in [0.25, 0.3) is 0 Å². The molecule has 6 heteroatoms. The number of nitrogens with one attached hydrogen (secondary N) is 1. The summed E-state index contributed by atoms with van der Waals surface area (Å²) < 4.78 is 38.6. The van der Waals surface area contributed by atoms with Gasteiger partial charge in [-0.15, -0.1) is 0 Å². The van der Waals surface area contributed by atoms with Gasteiger partial charge < -0.3 is 16.2 Å². The van der Waals surface area contributed by atoms with Gasteiger partial charge in [-0.2, -0.15) is 13.2 Å². The molecule has 0 spiro atoms. The molecule has 0 saturated heterocycles. The van der Waals surface area contributed by atoms with Gasteiger partial charge in [-0.25, -0.2) is 0 Å². The van der Waals surface area contributed by atoms with E-state index in [0.29, 0.717) is 6.42 Å². The molecule has 1 aromatic rings. The maximum Gasteiger partial charge on any atom is 0.418 e. The lowest BCUT2D eigenvalue weighted by molar-refractivity contribution is -0.136. The Morgan fingerprint density at radius 1 is 1.25 bits per heavy atom. The minimum Gasteiger partial charge on any atom is -0.399 e. The first-order valence-corrected chi connectivity index (χ1v) is 6.38. The molecule has 0 aliphatic carbocycles. The van der Waals surface area contributed by atoms with Crippen LogP contribution >= 0.6 is 0 Å². The summed E-state index contributed by atoms with van der Waals surface area (Å²) in [5.41, 5.74) is 4.46. The summed E-state index contributed by atoms with van der Waals surface area (Å²) in [7, 11) is 0. The van der Waals surface area contributed by atoms with Crippen molar-refractivity contribution in [2.45, 2.75) is 39.5 Å². The fourth-order valence-corrected chi connectivity index (χ4v) is 1.96. The highest BCUT2D eigenvalue weighted by atomic mass is 19.4. The summed E-state index contributed by atoms with van der Waals surface area (Å²) in [6.07, 6.45) is -4.70. The molecule has 0 radical (unpaired) electrons. The van der Waals surface area contributed by atoms with E-state index >= 15 is 0 Å². The van der Waals surface area contributed by atoms with Crippen molar-refractivity contribution in [1.29, 1.82) is 0 Å². The van der Waals surface area contributed by atoms with E-state index in [9.17, 15) is 18.3 Å². The number of halogens is 3. The molecule has 1 unspecified atom stereocenters. The molecule has 4 N–H and O–H groups in total. The molecule has 0 bridgehead atoms. The maximum absolute atomic E-state index is 12.9. The van der Waals surface area contributed by atoms with Gasteiger partial charge in [0.05, 0.1) is 11.7 Å². The van der Waals surface area contributed by atoms with Crippen LogP contribution in [0.2, 0.25) is 0 Å². The van der Waals surface area contributed by atoms with Gasteiger partial charge in [0, 0.05) is 17.9 Å². The van der Waals surface area contributed by atoms with E-state index in [4.69, 9.17) is 5.73 Å². The van der Waals surface area contributed by atoms with Crippen molar-refractivity contribution in [1.82, 2.24) is 0 Å². The molecule has 1 atom stereocenters. The van der Waals surface area contributed by atoms with Crippen molar-refractivity contribution in [3.63, 3.8) is 0 Å². The number of nitrogen functional groups attached to an aromatic ring is 1. The smallest absolute Gasteiger partial charge is 0.399 e. The first-order valence-electron chi connectivity index (χ1n) is 6.38. The molecular weight excluding hydrogens is 269 g/mol. The van der Waals surface area contributed by atoms with E-state index in [1.807, 2.05) is 20.8 Å². The Morgan fingerprint density at radius 3 is 2.35 bits per heavy atom. The zero-order valence-corrected chi connectivity index (χ0v) is 11.9. The SMILES string of the molecule is CC(C)(C)CC(O)CNc1ccc(N)cc1C(F)(F)F. The Balaban J connectivity index is 2.78. The maximum atomic E-state index is 12.9. The molecule has 0 aliphatic rings. The quantitative estimate of drug-likeness (QED) is 0.744. The molecule has 0 fully saturated rings. The van der Waals surface area contributed by atoms with Crippen molar-refractivity contribution < 1.29 is 18.3 Å². The number of hydrogen-bond acceptors (Lipinski definition) is 3. The number of rotatable bonds is 4. The zero-order valence-electron chi connectivity index (χ0n) is 11.9. The van der Waals surface area contributed by atoms with Gasteiger partial charge in [-0.1, -0.05) is 20.8 Å². The van der Waals surface area contributed by atoms with Gasteiger partial charge in [-0.3, -0.25) is 0 Å². The molecule has 0 amide bonds. The number of aliphatic hydroxyl groups excluding tert-OH is 1. The molecule has 0 heterocycles. The highest BCUT2D eigenvalue weighted by molar-refractivity contribution is 5.59. The third-order valence-corrected chi connectivity index (χ3v) is 2.73. The van der Waals surface area contributed by atoms with Gasteiger partial charge >= 0.3 is 6.18 Å². The average Bonchev–Trinajstić information content (AvgIpc) is 2.23. The van der Waals surface area contributed by atoms with Crippen molar-refractivity contribution in [3.05, 3.63) is 23.8 Å². The highest BCUT2D eigenvalue weighted by Gasteiger charge is 2.33. The van der Waals surface area contributed by atoms with Crippen molar-refractivity contribution in [2.24, 2.45) is 5.41 Å². The second kappa shape index (κ2) is 5.91. The summed E-state index contributed by atoms with van der Waals surface area (Å²) in [6.45, 7) is 5.94. The van der Waals surface area contributed by atoms with Crippen LogP contribution in [0.5, 0.6) is 0 Å². The number of aliphatic hydroxyl groups is 1. The number of hydrogen-bond donors (Lipinski definition) is 3. The van der Waals surface area contributed by atoms with E-state index in [1.54, 1.807) is 0 Å². The summed E-state index contributed by atoms with van der Waals surface area (Å²) in [5, 5.41) is 12.5. The van der Waals surface area contributed by atoms with Crippen molar-refractivity contribution in [3.8, 4) is 0 Å². The Morgan fingerprint density at radius 2 is 1.85 bits per heavy atom. The molecule has 1 aromatic carbocycles. The number of anilines is 2. The number of nitrogens with two attached hydrogens (primary N) is 1. The van der Waals surface area contributed by atoms with Crippen LogP contribution in [0.25, 0.3) is 0 Å². The predicted octanol–water partition coefficient (Wildman–Crippen LogP) is 3.50. The molecule has 20 heavy (non-hydrogen) atoms. The van der Waals surface area contributed by atoms with Crippen LogP contribution in [0.3, 0.4) is 0 Å². The van der Waals surface area contributed by atoms with Crippen molar-refractivity contribution >= 4 is 11.4 Å². The van der Waals surface area contributed by atoms with Crippen molar-refractivity contribution in [2.75, 3.05) is 17.6 Å². The van der Waals surface area contributed by atoms with Crippen LogP contribution in [-0.4, -0.2) is 17.8 Å². The Hall–Kier alpha value is -1.43. The fraction of sp³-hybridized carbons (Fsp3) is 0.571. The van der Waals surface area contributed by atoms with Crippen LogP contribution < -0.4 is 11.1 Å². The van der Waals surface area contributed by atoms with E-state index in [1.165, 1.54) is 12.1 Å². The molecule has 0 aromatic heterocycles. The lowest BCUT2D eigenvalue weighted by atomic mass is 9.89. The number of benzene rings is 1. The second-order valence-electron chi connectivity index (χ2n) is 6.10. The molecular formula is C14H21F3N2O. The van der Waals surface area contributed by atoms with E-state index in [-0.39, 0.29) is 23.3 Å². The zero-order chi connectivity index (χ0) is 15.6. The summed E-state index contributed by atoms with van der Waals surface area (Å²) in [4.78, 5) is 0. The Kier molecular flexibility index (Phi) is 4.91.